The minimum atomic E-state index is -3.33. The first-order valence-corrected chi connectivity index (χ1v) is 10.0. The lowest BCUT2D eigenvalue weighted by Crippen LogP contribution is -2.54. The van der Waals surface area contributed by atoms with Crippen molar-refractivity contribution in [1.82, 2.24) is 14.3 Å². The lowest BCUT2D eigenvalue weighted by Gasteiger charge is -2.35. The summed E-state index contributed by atoms with van der Waals surface area (Å²) in [6, 6.07) is 0.824. The Hall–Kier alpha value is -0.170. The average Bonchev–Trinajstić information content (AvgIpc) is 3.31. The molecule has 2 atom stereocenters. The molecule has 6 heteroatoms. The third kappa shape index (κ3) is 4.65. The van der Waals surface area contributed by atoms with Gasteiger partial charge in [-0.1, -0.05) is 19.3 Å². The zero-order valence-electron chi connectivity index (χ0n) is 13.1. The highest BCUT2D eigenvalue weighted by molar-refractivity contribution is 7.87. The van der Waals surface area contributed by atoms with E-state index in [2.05, 4.69) is 10.0 Å². The van der Waals surface area contributed by atoms with Crippen molar-refractivity contribution in [3.05, 3.63) is 0 Å². The average molecular weight is 315 g/mol. The van der Waals surface area contributed by atoms with Gasteiger partial charge in [0.25, 0.3) is 10.2 Å². The molecule has 3 aliphatic rings. The Morgan fingerprint density at radius 1 is 1.14 bits per heavy atom. The maximum atomic E-state index is 12.7. The van der Waals surface area contributed by atoms with E-state index in [4.69, 9.17) is 0 Å². The quantitative estimate of drug-likeness (QED) is 0.715. The molecule has 1 saturated heterocycles. The normalized spacial score (nSPS) is 29.5. The Labute approximate surface area is 129 Å². The molecular weight excluding hydrogens is 286 g/mol. The van der Waals surface area contributed by atoms with E-state index < -0.39 is 10.2 Å². The van der Waals surface area contributed by atoms with Crippen LogP contribution in [0.2, 0.25) is 0 Å². The zero-order valence-corrected chi connectivity index (χ0v) is 13.9. The molecule has 2 unspecified atom stereocenters. The van der Waals surface area contributed by atoms with Gasteiger partial charge < -0.3 is 5.32 Å². The molecule has 2 saturated carbocycles. The van der Waals surface area contributed by atoms with Crippen LogP contribution < -0.4 is 10.0 Å². The van der Waals surface area contributed by atoms with Crippen LogP contribution >= 0.6 is 0 Å². The Balaban J connectivity index is 1.56. The molecule has 0 bridgehead atoms. The van der Waals surface area contributed by atoms with Crippen LogP contribution in [0, 0.1) is 5.92 Å². The van der Waals surface area contributed by atoms with E-state index in [-0.39, 0.29) is 12.1 Å². The van der Waals surface area contributed by atoms with E-state index in [1.165, 1.54) is 25.7 Å². The molecular formula is C15H29N3O2S. The number of rotatable bonds is 8. The van der Waals surface area contributed by atoms with Gasteiger partial charge in [-0.25, -0.2) is 0 Å². The lowest BCUT2D eigenvalue weighted by molar-refractivity contribution is 0.241. The van der Waals surface area contributed by atoms with E-state index >= 15 is 0 Å². The second-order valence-electron chi connectivity index (χ2n) is 7.15. The van der Waals surface area contributed by atoms with Gasteiger partial charge in [-0.3, -0.25) is 0 Å². The van der Waals surface area contributed by atoms with E-state index in [0.717, 1.165) is 38.1 Å². The molecule has 2 aliphatic carbocycles. The van der Waals surface area contributed by atoms with Gasteiger partial charge in [-0.2, -0.15) is 17.4 Å². The summed E-state index contributed by atoms with van der Waals surface area (Å²) in [6.07, 6.45) is 9.12. The highest BCUT2D eigenvalue weighted by Crippen LogP contribution is 2.33. The third-order valence-electron chi connectivity index (χ3n) is 4.84. The monoisotopic (exact) mass is 315 g/mol. The van der Waals surface area contributed by atoms with Crippen LogP contribution in [0.5, 0.6) is 0 Å². The predicted octanol–water partition coefficient (Wildman–Crippen LogP) is 1.62. The first kappa shape index (κ1) is 15.7. The van der Waals surface area contributed by atoms with Crippen LogP contribution in [0.3, 0.4) is 0 Å². The summed E-state index contributed by atoms with van der Waals surface area (Å²) < 4.78 is 29.9. The topological polar surface area (TPSA) is 61.4 Å². The van der Waals surface area contributed by atoms with Crippen molar-refractivity contribution in [2.24, 2.45) is 5.92 Å². The Morgan fingerprint density at radius 3 is 2.57 bits per heavy atom. The molecule has 0 aromatic rings. The van der Waals surface area contributed by atoms with Crippen LogP contribution in [0.15, 0.2) is 0 Å². The number of hydrogen-bond acceptors (Lipinski definition) is 3. The fourth-order valence-corrected chi connectivity index (χ4v) is 4.99. The summed E-state index contributed by atoms with van der Waals surface area (Å²) in [5.74, 6) is 0.747. The lowest BCUT2D eigenvalue weighted by atomic mass is 10.1. The van der Waals surface area contributed by atoms with Gasteiger partial charge in [-0.05, 0) is 44.9 Å². The Kier molecular flexibility index (Phi) is 4.88. The molecule has 5 nitrogen and oxygen atoms in total. The molecule has 1 heterocycles. The molecule has 0 amide bonds. The predicted molar refractivity (Wildman–Crippen MR) is 84.2 cm³/mol. The molecule has 0 aromatic carbocycles. The van der Waals surface area contributed by atoms with Gasteiger partial charge in [0.2, 0.25) is 0 Å². The van der Waals surface area contributed by atoms with Crippen molar-refractivity contribution >= 4 is 10.2 Å². The molecule has 1 aliphatic heterocycles. The summed E-state index contributed by atoms with van der Waals surface area (Å²) in [6.45, 7) is 3.47. The van der Waals surface area contributed by atoms with E-state index in [9.17, 15) is 8.42 Å². The maximum absolute atomic E-state index is 12.7. The molecule has 21 heavy (non-hydrogen) atoms. The van der Waals surface area contributed by atoms with Crippen molar-refractivity contribution in [3.63, 3.8) is 0 Å². The van der Waals surface area contributed by atoms with Crippen LogP contribution in [0.1, 0.15) is 58.3 Å². The highest BCUT2D eigenvalue weighted by Gasteiger charge is 2.35. The van der Waals surface area contributed by atoms with Gasteiger partial charge in [0.15, 0.2) is 0 Å². The second-order valence-corrected chi connectivity index (χ2v) is 8.80. The number of nitrogens with one attached hydrogen (secondary N) is 2. The fourth-order valence-electron chi connectivity index (χ4n) is 3.31. The van der Waals surface area contributed by atoms with E-state index in [1.807, 2.05) is 6.92 Å². The summed E-state index contributed by atoms with van der Waals surface area (Å²) in [5.41, 5.74) is 0. The number of nitrogens with zero attached hydrogens (tertiary/aromatic N) is 1. The second kappa shape index (κ2) is 6.52. The van der Waals surface area contributed by atoms with Gasteiger partial charge in [0, 0.05) is 31.2 Å². The molecule has 0 spiro atoms. The minimum Gasteiger partial charge on any atom is -0.312 e. The molecule has 0 aromatic heterocycles. The van der Waals surface area contributed by atoms with E-state index in [0.29, 0.717) is 12.6 Å². The first-order valence-electron chi connectivity index (χ1n) is 8.57. The highest BCUT2D eigenvalue weighted by atomic mass is 32.2. The van der Waals surface area contributed by atoms with Crippen molar-refractivity contribution in [2.75, 3.05) is 13.1 Å². The molecule has 3 fully saturated rings. The van der Waals surface area contributed by atoms with Crippen molar-refractivity contribution in [1.29, 1.82) is 0 Å². The summed E-state index contributed by atoms with van der Waals surface area (Å²) in [4.78, 5) is 0. The molecule has 2 N–H and O–H groups in total. The molecule has 0 radical (unpaired) electrons. The van der Waals surface area contributed by atoms with Crippen molar-refractivity contribution < 1.29 is 8.42 Å². The maximum Gasteiger partial charge on any atom is 0.279 e. The fraction of sp³-hybridized carbons (Fsp3) is 1.00. The molecule has 3 rings (SSSR count). The van der Waals surface area contributed by atoms with Gasteiger partial charge in [0.1, 0.15) is 0 Å². The molecule has 122 valence electrons. The summed E-state index contributed by atoms with van der Waals surface area (Å²) >= 11 is 0. The SMILES string of the molecule is CC(CC1CC1)NS(=O)(=O)N1CCCCC1CNC1CC1. The summed E-state index contributed by atoms with van der Waals surface area (Å²) in [5, 5.41) is 3.49. The zero-order chi connectivity index (χ0) is 14.9. The van der Waals surface area contributed by atoms with Crippen molar-refractivity contribution in [3.8, 4) is 0 Å². The smallest absolute Gasteiger partial charge is 0.279 e. The largest absolute Gasteiger partial charge is 0.312 e. The Bertz CT molecular complexity index is 446. The first-order chi connectivity index (χ1) is 10.0. The van der Waals surface area contributed by atoms with Gasteiger partial charge >= 0.3 is 0 Å². The minimum absolute atomic E-state index is 0.0569. The van der Waals surface area contributed by atoms with Crippen LogP contribution in [-0.4, -0.2) is 43.9 Å². The van der Waals surface area contributed by atoms with Crippen LogP contribution in [0.25, 0.3) is 0 Å². The van der Waals surface area contributed by atoms with Crippen molar-refractivity contribution in [2.45, 2.75) is 76.4 Å². The van der Waals surface area contributed by atoms with Gasteiger partial charge in [0.05, 0.1) is 0 Å². The standard InChI is InChI=1S/C15H29N3O2S/c1-12(10-13-5-6-13)17-21(19,20)18-9-3-2-4-15(18)11-16-14-7-8-14/h12-17H,2-11H2,1H3. The number of hydrogen-bond donors (Lipinski definition) is 2. The Morgan fingerprint density at radius 2 is 1.90 bits per heavy atom. The third-order valence-corrected chi connectivity index (χ3v) is 6.63. The number of piperidine rings is 1. The van der Waals surface area contributed by atoms with Crippen LogP contribution in [0.4, 0.5) is 0 Å². The summed E-state index contributed by atoms with van der Waals surface area (Å²) in [7, 11) is -3.33. The van der Waals surface area contributed by atoms with Crippen LogP contribution in [-0.2, 0) is 10.2 Å². The van der Waals surface area contributed by atoms with Gasteiger partial charge in [-0.15, -0.1) is 0 Å². The van der Waals surface area contributed by atoms with E-state index in [1.54, 1.807) is 4.31 Å².